The van der Waals surface area contributed by atoms with Gasteiger partial charge in [0.25, 0.3) is 0 Å². The molecule has 1 fully saturated rings. The van der Waals surface area contributed by atoms with E-state index in [1.807, 2.05) is 0 Å². The van der Waals surface area contributed by atoms with E-state index < -0.39 is 34.3 Å². The first kappa shape index (κ1) is 21.5. The summed E-state index contributed by atoms with van der Waals surface area (Å²) >= 11 is 5.83. The van der Waals surface area contributed by atoms with Crippen LogP contribution in [0.2, 0.25) is 5.02 Å². The van der Waals surface area contributed by atoms with Gasteiger partial charge in [-0.25, -0.2) is 9.18 Å². The summed E-state index contributed by atoms with van der Waals surface area (Å²) in [5, 5.41) is 21.5. The van der Waals surface area contributed by atoms with E-state index in [1.54, 1.807) is 6.92 Å². The number of ketones is 1. The quantitative estimate of drug-likeness (QED) is 0.600. The van der Waals surface area contributed by atoms with Crippen molar-refractivity contribution in [1.82, 2.24) is 0 Å². The van der Waals surface area contributed by atoms with Gasteiger partial charge in [0, 0.05) is 10.6 Å². The molecular formula is C23H24ClFO4. The first-order chi connectivity index (χ1) is 13.8. The van der Waals surface area contributed by atoms with Crippen LogP contribution in [0.25, 0.3) is 0 Å². The van der Waals surface area contributed by atoms with Crippen molar-refractivity contribution < 1.29 is 24.2 Å². The molecule has 1 saturated carbocycles. The molecule has 0 spiro atoms. The summed E-state index contributed by atoms with van der Waals surface area (Å²) in [6, 6.07) is 8.20. The SMILES string of the molecule is CC[C@@](O)(c1cc(F)c(C(=O)c2ccc(Cl)cc2)c(C(=O)O)c1)C1CCCCC1. The van der Waals surface area contributed by atoms with Crippen molar-refractivity contribution in [3.8, 4) is 0 Å². The lowest BCUT2D eigenvalue weighted by atomic mass is 9.71. The van der Waals surface area contributed by atoms with Crippen molar-refractivity contribution in [3.63, 3.8) is 0 Å². The molecule has 3 rings (SSSR count). The number of rotatable bonds is 6. The van der Waals surface area contributed by atoms with Gasteiger partial charge < -0.3 is 10.2 Å². The maximum atomic E-state index is 15.1. The van der Waals surface area contributed by atoms with Crippen molar-refractivity contribution in [3.05, 3.63) is 69.5 Å². The Morgan fingerprint density at radius 3 is 2.31 bits per heavy atom. The second-order valence-corrected chi connectivity index (χ2v) is 8.07. The minimum atomic E-state index is -1.41. The van der Waals surface area contributed by atoms with E-state index in [2.05, 4.69) is 0 Å². The Bertz CT molecular complexity index is 919. The van der Waals surface area contributed by atoms with E-state index in [-0.39, 0.29) is 17.0 Å². The van der Waals surface area contributed by atoms with Gasteiger partial charge in [-0.2, -0.15) is 0 Å². The molecule has 154 valence electrons. The van der Waals surface area contributed by atoms with E-state index in [0.29, 0.717) is 11.4 Å². The Morgan fingerprint density at radius 2 is 1.76 bits per heavy atom. The molecule has 29 heavy (non-hydrogen) atoms. The van der Waals surface area contributed by atoms with Gasteiger partial charge in [0.05, 0.1) is 16.7 Å². The summed E-state index contributed by atoms with van der Waals surface area (Å²) in [6.07, 6.45) is 5.00. The van der Waals surface area contributed by atoms with Crippen LogP contribution in [-0.2, 0) is 5.60 Å². The number of hydrogen-bond donors (Lipinski definition) is 2. The Balaban J connectivity index is 2.10. The fraction of sp³-hybridized carbons (Fsp3) is 0.391. The predicted octanol–water partition coefficient (Wildman–Crippen LogP) is 5.59. The summed E-state index contributed by atoms with van der Waals surface area (Å²) < 4.78 is 15.1. The van der Waals surface area contributed by atoms with Crippen LogP contribution in [0.4, 0.5) is 4.39 Å². The topological polar surface area (TPSA) is 74.6 Å². The number of benzene rings is 2. The molecule has 6 heteroatoms. The van der Waals surface area contributed by atoms with Crippen LogP contribution < -0.4 is 0 Å². The Hall–Kier alpha value is -2.24. The first-order valence-electron chi connectivity index (χ1n) is 9.88. The van der Waals surface area contributed by atoms with Gasteiger partial charge in [-0.1, -0.05) is 37.8 Å². The second-order valence-electron chi connectivity index (χ2n) is 7.63. The normalized spacial score (nSPS) is 17.0. The zero-order chi connectivity index (χ0) is 21.2. The Labute approximate surface area is 174 Å². The summed E-state index contributed by atoms with van der Waals surface area (Å²) in [5.41, 5.74) is -1.92. The molecule has 0 aromatic heterocycles. The highest BCUT2D eigenvalue weighted by Gasteiger charge is 2.39. The molecule has 0 amide bonds. The molecule has 1 aliphatic rings. The number of aliphatic hydroxyl groups is 1. The average molecular weight is 419 g/mol. The molecule has 2 aromatic carbocycles. The van der Waals surface area contributed by atoms with Gasteiger partial charge in [-0.3, -0.25) is 4.79 Å². The Kier molecular flexibility index (Phi) is 6.39. The largest absolute Gasteiger partial charge is 0.478 e. The van der Waals surface area contributed by atoms with Crippen LogP contribution in [0, 0.1) is 11.7 Å². The van der Waals surface area contributed by atoms with Crippen LogP contribution >= 0.6 is 11.6 Å². The number of carbonyl (C=O) groups is 2. The molecule has 1 atom stereocenters. The number of carboxylic acids is 1. The number of aromatic carboxylic acids is 1. The number of carbonyl (C=O) groups excluding carboxylic acids is 1. The maximum absolute atomic E-state index is 15.1. The van der Waals surface area contributed by atoms with Crippen molar-refractivity contribution in [2.75, 3.05) is 0 Å². The van der Waals surface area contributed by atoms with Crippen molar-refractivity contribution in [1.29, 1.82) is 0 Å². The molecule has 0 aliphatic heterocycles. The van der Waals surface area contributed by atoms with E-state index in [1.165, 1.54) is 30.3 Å². The van der Waals surface area contributed by atoms with Crippen LogP contribution in [0.1, 0.15) is 77.3 Å². The lowest BCUT2D eigenvalue weighted by molar-refractivity contribution is -0.0424. The average Bonchev–Trinajstić information content (AvgIpc) is 2.73. The van der Waals surface area contributed by atoms with E-state index >= 15 is 4.39 Å². The standard InChI is InChI=1S/C23H24ClFO4/c1-2-23(29,15-6-4-3-5-7-15)16-12-18(22(27)28)20(19(25)13-16)21(26)14-8-10-17(24)11-9-14/h8-13,15,29H,2-7H2,1H3,(H,27,28)/t23-/m0/s1. The van der Waals surface area contributed by atoms with Gasteiger partial charge in [0.15, 0.2) is 5.78 Å². The van der Waals surface area contributed by atoms with Crippen LogP contribution in [-0.4, -0.2) is 22.0 Å². The van der Waals surface area contributed by atoms with Gasteiger partial charge in [-0.05, 0) is 67.1 Å². The molecule has 2 N–H and O–H groups in total. The van der Waals surface area contributed by atoms with Crippen LogP contribution in [0.15, 0.2) is 36.4 Å². The predicted molar refractivity (Wildman–Crippen MR) is 109 cm³/mol. The molecule has 0 heterocycles. The van der Waals surface area contributed by atoms with Crippen molar-refractivity contribution in [2.45, 2.75) is 51.0 Å². The smallest absolute Gasteiger partial charge is 0.336 e. The third kappa shape index (κ3) is 4.21. The molecule has 2 aromatic rings. The second kappa shape index (κ2) is 8.64. The molecule has 0 bridgehead atoms. The van der Waals surface area contributed by atoms with Gasteiger partial charge in [0.2, 0.25) is 0 Å². The first-order valence-corrected chi connectivity index (χ1v) is 10.3. The lowest BCUT2D eigenvalue weighted by Crippen LogP contribution is -2.36. The number of hydrogen-bond acceptors (Lipinski definition) is 3. The fourth-order valence-electron chi connectivity index (χ4n) is 4.31. The minimum absolute atomic E-state index is 0.0693. The molecule has 1 aliphatic carbocycles. The number of carboxylic acid groups (broad SMARTS) is 1. The van der Waals surface area contributed by atoms with E-state index in [9.17, 15) is 19.8 Å². The van der Waals surface area contributed by atoms with Crippen molar-refractivity contribution in [2.24, 2.45) is 5.92 Å². The zero-order valence-electron chi connectivity index (χ0n) is 16.3. The van der Waals surface area contributed by atoms with E-state index in [4.69, 9.17) is 11.6 Å². The molecule has 0 radical (unpaired) electrons. The minimum Gasteiger partial charge on any atom is -0.478 e. The van der Waals surface area contributed by atoms with Gasteiger partial charge in [-0.15, -0.1) is 0 Å². The summed E-state index contributed by atoms with van der Waals surface area (Å²) in [4.78, 5) is 24.7. The van der Waals surface area contributed by atoms with Crippen LogP contribution in [0.5, 0.6) is 0 Å². The van der Waals surface area contributed by atoms with Gasteiger partial charge in [0.1, 0.15) is 5.82 Å². The number of halogens is 2. The fourth-order valence-corrected chi connectivity index (χ4v) is 4.44. The summed E-state index contributed by atoms with van der Waals surface area (Å²) in [7, 11) is 0. The summed E-state index contributed by atoms with van der Waals surface area (Å²) in [6.45, 7) is 1.81. The highest BCUT2D eigenvalue weighted by atomic mass is 35.5. The van der Waals surface area contributed by atoms with Gasteiger partial charge >= 0.3 is 5.97 Å². The Morgan fingerprint density at radius 1 is 1.14 bits per heavy atom. The van der Waals surface area contributed by atoms with E-state index in [0.717, 1.165) is 38.2 Å². The summed E-state index contributed by atoms with van der Waals surface area (Å²) in [5.74, 6) is -3.16. The maximum Gasteiger partial charge on any atom is 0.336 e. The molecule has 4 nitrogen and oxygen atoms in total. The highest BCUT2D eigenvalue weighted by molar-refractivity contribution is 6.30. The third-order valence-electron chi connectivity index (χ3n) is 5.97. The highest BCUT2D eigenvalue weighted by Crippen LogP contribution is 2.42. The monoisotopic (exact) mass is 418 g/mol. The van der Waals surface area contributed by atoms with Crippen LogP contribution in [0.3, 0.4) is 0 Å². The molecule has 0 unspecified atom stereocenters. The van der Waals surface area contributed by atoms with Crippen molar-refractivity contribution >= 4 is 23.4 Å². The molecule has 0 saturated heterocycles. The third-order valence-corrected chi connectivity index (χ3v) is 6.23. The molecular weight excluding hydrogens is 395 g/mol. The zero-order valence-corrected chi connectivity index (χ0v) is 17.0. The lowest BCUT2D eigenvalue weighted by Gasteiger charge is -2.38.